The summed E-state index contributed by atoms with van der Waals surface area (Å²) in [7, 11) is 1.52. The zero-order valence-corrected chi connectivity index (χ0v) is 19.9. The van der Waals surface area contributed by atoms with Crippen LogP contribution in [0, 0.1) is 6.92 Å². The normalized spacial score (nSPS) is 15.7. The number of rotatable bonds is 7. The van der Waals surface area contributed by atoms with Gasteiger partial charge in [0.05, 0.1) is 42.1 Å². The minimum absolute atomic E-state index is 0.00239. The van der Waals surface area contributed by atoms with Gasteiger partial charge in [-0.25, -0.2) is 4.98 Å². The molecule has 4 aromatic rings. The molecule has 1 atom stereocenters. The fraction of sp³-hybridized carbons (Fsp3) is 0.148. The van der Waals surface area contributed by atoms with Gasteiger partial charge in [0.1, 0.15) is 16.5 Å². The largest absolute Gasteiger partial charge is 0.503 e. The van der Waals surface area contributed by atoms with Crippen LogP contribution in [-0.2, 0) is 11.3 Å². The van der Waals surface area contributed by atoms with Crippen molar-refractivity contribution in [2.75, 3.05) is 7.11 Å². The number of ether oxygens (including phenoxy) is 1. The van der Waals surface area contributed by atoms with Crippen LogP contribution in [0.5, 0.6) is 5.75 Å². The second-order valence-electron chi connectivity index (χ2n) is 8.05. The van der Waals surface area contributed by atoms with Crippen molar-refractivity contribution >= 4 is 23.0 Å². The van der Waals surface area contributed by atoms with Gasteiger partial charge >= 0.3 is 0 Å². The predicted octanol–water partition coefficient (Wildman–Crippen LogP) is 5.50. The van der Waals surface area contributed by atoms with E-state index in [1.165, 1.54) is 29.6 Å². The number of furan rings is 1. The lowest BCUT2D eigenvalue weighted by Crippen LogP contribution is -2.30. The Labute approximate surface area is 205 Å². The number of hydrogen-bond donors (Lipinski definition) is 1. The topological polar surface area (TPSA) is 92.9 Å². The number of nitrogens with zero attached hydrogens (tertiary/aromatic N) is 2. The van der Waals surface area contributed by atoms with Crippen LogP contribution < -0.4 is 4.74 Å². The molecule has 0 bridgehead atoms. The van der Waals surface area contributed by atoms with Crippen molar-refractivity contribution in [2.45, 2.75) is 19.5 Å². The molecule has 2 aromatic heterocycles. The van der Waals surface area contributed by atoms with Crippen LogP contribution in [0.2, 0.25) is 0 Å². The second kappa shape index (κ2) is 9.23. The van der Waals surface area contributed by atoms with E-state index >= 15 is 0 Å². The van der Waals surface area contributed by atoms with Gasteiger partial charge in [-0.15, -0.1) is 11.3 Å². The molecule has 8 heteroatoms. The number of benzene rings is 2. The van der Waals surface area contributed by atoms with Crippen molar-refractivity contribution in [3.63, 3.8) is 0 Å². The number of carbonyl (C=O) groups is 2. The van der Waals surface area contributed by atoms with E-state index in [-0.39, 0.29) is 12.1 Å². The number of ketones is 1. The molecule has 35 heavy (non-hydrogen) atoms. The fourth-order valence-electron chi connectivity index (χ4n) is 4.27. The van der Waals surface area contributed by atoms with E-state index in [2.05, 4.69) is 4.98 Å². The molecule has 0 radical (unpaired) electrons. The lowest BCUT2D eigenvalue weighted by Gasteiger charge is -2.27. The van der Waals surface area contributed by atoms with Crippen LogP contribution in [0.15, 0.2) is 88.7 Å². The second-order valence-corrected chi connectivity index (χ2v) is 9.05. The third-order valence-corrected chi connectivity index (χ3v) is 7.12. The number of aliphatic hydroxyl groups is 1. The van der Waals surface area contributed by atoms with E-state index in [0.717, 1.165) is 5.56 Å². The average molecular weight is 487 g/mol. The van der Waals surface area contributed by atoms with E-state index < -0.39 is 23.5 Å². The number of aliphatic hydroxyl groups excluding tert-OH is 1. The van der Waals surface area contributed by atoms with Gasteiger partial charge in [0.25, 0.3) is 5.91 Å². The molecule has 0 aliphatic carbocycles. The fourth-order valence-corrected chi connectivity index (χ4v) is 5.29. The van der Waals surface area contributed by atoms with E-state index in [1.54, 1.807) is 43.3 Å². The third-order valence-electron chi connectivity index (χ3n) is 5.91. The molecule has 1 amide bonds. The summed E-state index contributed by atoms with van der Waals surface area (Å²) in [5.74, 6) is -0.635. The maximum absolute atomic E-state index is 13.9. The Hall–Kier alpha value is -4.17. The van der Waals surface area contributed by atoms with E-state index in [4.69, 9.17) is 9.15 Å². The first-order chi connectivity index (χ1) is 17.0. The molecule has 176 valence electrons. The van der Waals surface area contributed by atoms with Crippen molar-refractivity contribution in [3.05, 3.63) is 106 Å². The molecule has 1 N–H and O–H groups in total. The van der Waals surface area contributed by atoms with Gasteiger partial charge in [-0.1, -0.05) is 48.5 Å². The van der Waals surface area contributed by atoms with Crippen molar-refractivity contribution in [2.24, 2.45) is 0 Å². The first-order valence-corrected chi connectivity index (χ1v) is 11.8. The van der Waals surface area contributed by atoms with Crippen LogP contribution in [0.25, 0.3) is 10.6 Å². The first kappa shape index (κ1) is 22.6. The maximum Gasteiger partial charge on any atom is 0.290 e. The summed E-state index contributed by atoms with van der Waals surface area (Å²) in [6.07, 6.45) is 1.51. The van der Waals surface area contributed by atoms with Crippen LogP contribution >= 0.6 is 11.3 Å². The van der Waals surface area contributed by atoms with Gasteiger partial charge in [-0.05, 0) is 25.1 Å². The first-order valence-electron chi connectivity index (χ1n) is 11.0. The molecular weight excluding hydrogens is 464 g/mol. The predicted molar refractivity (Wildman–Crippen MR) is 131 cm³/mol. The highest BCUT2D eigenvalue weighted by molar-refractivity contribution is 7.17. The minimum Gasteiger partial charge on any atom is -0.503 e. The Kier molecular flexibility index (Phi) is 5.96. The average Bonchev–Trinajstić information content (AvgIpc) is 3.60. The van der Waals surface area contributed by atoms with E-state index in [1.807, 2.05) is 30.3 Å². The summed E-state index contributed by atoms with van der Waals surface area (Å²) in [5, 5.41) is 11.7. The third kappa shape index (κ3) is 4.02. The molecule has 1 unspecified atom stereocenters. The van der Waals surface area contributed by atoms with Crippen molar-refractivity contribution in [3.8, 4) is 16.3 Å². The number of aromatic nitrogens is 1. The van der Waals surface area contributed by atoms with E-state index in [0.29, 0.717) is 32.7 Å². The van der Waals surface area contributed by atoms with E-state index in [9.17, 15) is 14.7 Å². The zero-order chi connectivity index (χ0) is 24.5. The molecule has 2 aromatic carbocycles. The summed E-state index contributed by atoms with van der Waals surface area (Å²) in [6, 6.07) is 19.3. The number of aryl methyl sites for hydroxylation is 1. The SMILES string of the molecule is COc1ccccc1C1C(C(=O)c2sc(-c3ccccc3)nc2C)=C(O)C(=O)N1Cc1ccco1. The van der Waals surface area contributed by atoms with Crippen LogP contribution in [0.4, 0.5) is 0 Å². The molecule has 1 aliphatic heterocycles. The standard InChI is InChI=1S/C27H22N2O5S/c1-16-25(35-26(28-16)17-9-4-3-5-10-17)23(30)21-22(19-12-6-7-13-20(19)33-2)29(27(32)24(21)31)15-18-11-8-14-34-18/h3-14,22,31H,15H2,1-2H3. The Morgan fingerprint density at radius 1 is 1.11 bits per heavy atom. The maximum atomic E-state index is 13.9. The molecule has 1 aliphatic rings. The Morgan fingerprint density at radius 3 is 2.57 bits per heavy atom. The Balaban J connectivity index is 1.61. The quantitative estimate of drug-likeness (QED) is 0.347. The summed E-state index contributed by atoms with van der Waals surface area (Å²) in [5.41, 5.74) is 2.01. The molecule has 0 spiro atoms. The zero-order valence-electron chi connectivity index (χ0n) is 19.1. The highest BCUT2D eigenvalue weighted by Crippen LogP contribution is 2.44. The number of methoxy groups -OCH3 is 1. The van der Waals surface area contributed by atoms with Crippen molar-refractivity contribution in [1.29, 1.82) is 0 Å². The molecule has 0 saturated carbocycles. The number of para-hydroxylation sites is 1. The monoisotopic (exact) mass is 486 g/mol. The highest BCUT2D eigenvalue weighted by Gasteiger charge is 2.45. The summed E-state index contributed by atoms with van der Waals surface area (Å²) in [4.78, 5) is 33.5. The van der Waals surface area contributed by atoms with Gasteiger partial charge in [0.15, 0.2) is 5.76 Å². The van der Waals surface area contributed by atoms with Gasteiger partial charge in [-0.3, -0.25) is 9.59 Å². The molecule has 0 saturated heterocycles. The van der Waals surface area contributed by atoms with Crippen LogP contribution in [0.3, 0.4) is 0 Å². The molecular formula is C27H22N2O5S. The summed E-state index contributed by atoms with van der Waals surface area (Å²) in [6.45, 7) is 1.83. The number of carbonyl (C=O) groups excluding carboxylic acids is 2. The smallest absolute Gasteiger partial charge is 0.290 e. The molecule has 3 heterocycles. The Morgan fingerprint density at radius 2 is 1.86 bits per heavy atom. The van der Waals surface area contributed by atoms with Crippen LogP contribution in [0.1, 0.15) is 32.7 Å². The van der Waals surface area contributed by atoms with Crippen molar-refractivity contribution < 1.29 is 23.8 Å². The van der Waals surface area contributed by atoms with Gasteiger partial charge < -0.3 is 19.2 Å². The number of Topliss-reactive ketones (excluding diaryl/α,β-unsaturated/α-hetero) is 1. The highest BCUT2D eigenvalue weighted by atomic mass is 32.1. The summed E-state index contributed by atoms with van der Waals surface area (Å²) < 4.78 is 11.0. The molecule has 7 nitrogen and oxygen atoms in total. The van der Waals surface area contributed by atoms with Crippen LogP contribution in [-0.4, -0.2) is 33.8 Å². The van der Waals surface area contributed by atoms with Gasteiger partial charge in [-0.2, -0.15) is 0 Å². The van der Waals surface area contributed by atoms with Gasteiger partial charge in [0.2, 0.25) is 5.78 Å². The number of amides is 1. The molecule has 0 fully saturated rings. The summed E-state index contributed by atoms with van der Waals surface area (Å²) >= 11 is 1.24. The number of thiazole rings is 1. The lowest BCUT2D eigenvalue weighted by molar-refractivity contribution is -0.130. The number of hydrogen-bond acceptors (Lipinski definition) is 7. The minimum atomic E-state index is -0.863. The molecule has 5 rings (SSSR count). The van der Waals surface area contributed by atoms with Crippen molar-refractivity contribution in [1.82, 2.24) is 9.88 Å². The lowest BCUT2D eigenvalue weighted by atomic mass is 9.94. The Bertz CT molecular complexity index is 1420. The van der Waals surface area contributed by atoms with Gasteiger partial charge in [0, 0.05) is 11.1 Å².